The third kappa shape index (κ3) is 3.02. The molecule has 0 aliphatic rings. The van der Waals surface area contributed by atoms with Crippen LogP contribution in [0.5, 0.6) is 5.19 Å². The lowest BCUT2D eigenvalue weighted by Gasteiger charge is -2.00. The molecule has 2 heterocycles. The van der Waals surface area contributed by atoms with Crippen LogP contribution in [0.3, 0.4) is 0 Å². The van der Waals surface area contributed by atoms with E-state index in [9.17, 15) is 4.79 Å². The van der Waals surface area contributed by atoms with Crippen molar-refractivity contribution in [1.82, 2.24) is 15.3 Å². The molecule has 3 aromatic rings. The van der Waals surface area contributed by atoms with Crippen LogP contribution in [-0.2, 0) is 0 Å². The molecule has 0 fully saturated rings. The van der Waals surface area contributed by atoms with Gasteiger partial charge in [-0.1, -0.05) is 28.7 Å². The number of urea groups is 1. The molecule has 0 unspecified atom stereocenters. The maximum Gasteiger partial charge on any atom is 0.321 e. The average molecular weight is 334 g/mol. The maximum absolute atomic E-state index is 11.5. The van der Waals surface area contributed by atoms with Gasteiger partial charge >= 0.3 is 6.03 Å². The number of hydrogen-bond acceptors (Lipinski definition) is 6. The molecule has 3 rings (SSSR count). The summed E-state index contributed by atoms with van der Waals surface area (Å²) >= 11 is 2.93. The van der Waals surface area contributed by atoms with Crippen LogP contribution in [0.25, 0.3) is 20.7 Å². The van der Waals surface area contributed by atoms with Crippen LogP contribution >= 0.6 is 22.7 Å². The number of carbonyl (C=O) groups is 1. The van der Waals surface area contributed by atoms with Crippen LogP contribution < -0.4 is 15.4 Å². The summed E-state index contributed by atoms with van der Waals surface area (Å²) in [6.07, 6.45) is 1.78. The number of carbonyl (C=O) groups excluding carboxylic acids is 1. The molecule has 0 saturated heterocycles. The van der Waals surface area contributed by atoms with Gasteiger partial charge in [-0.25, -0.2) is 14.8 Å². The van der Waals surface area contributed by atoms with Crippen molar-refractivity contribution in [3.05, 3.63) is 24.4 Å². The number of methoxy groups -OCH3 is 1. The highest BCUT2D eigenvalue weighted by Gasteiger charge is 2.10. The Kier molecular flexibility index (Phi) is 4.21. The van der Waals surface area contributed by atoms with E-state index in [2.05, 4.69) is 20.6 Å². The Bertz CT molecular complexity index is 812. The second kappa shape index (κ2) is 6.29. The number of ether oxygens (including phenoxy) is 1. The molecular formula is C14H14N4O2S2. The molecule has 6 nitrogen and oxygen atoms in total. The minimum atomic E-state index is -0.242. The predicted octanol–water partition coefficient (Wildman–Crippen LogP) is 3.57. The Morgan fingerprint density at radius 3 is 2.95 bits per heavy atom. The summed E-state index contributed by atoms with van der Waals surface area (Å²) in [5.74, 6) is 0. The van der Waals surface area contributed by atoms with E-state index in [1.807, 2.05) is 25.1 Å². The van der Waals surface area contributed by atoms with Gasteiger partial charge in [-0.3, -0.25) is 5.32 Å². The van der Waals surface area contributed by atoms with Crippen LogP contribution in [0.1, 0.15) is 6.92 Å². The molecule has 0 atom stereocenters. The monoisotopic (exact) mass is 334 g/mol. The van der Waals surface area contributed by atoms with Crippen molar-refractivity contribution in [3.8, 4) is 15.6 Å². The second-order valence-electron chi connectivity index (χ2n) is 4.38. The standard InChI is InChI=1S/C14H14N4O2S2/c1-3-15-12(19)18-13-17-9-6-8(4-5-10(9)21-13)11-7-16-14(20-2)22-11/h4-7H,3H2,1-2H3,(H2,15,17,18,19). The lowest BCUT2D eigenvalue weighted by molar-refractivity contribution is 0.252. The topological polar surface area (TPSA) is 76.1 Å². The van der Waals surface area contributed by atoms with E-state index in [1.54, 1.807) is 13.3 Å². The molecule has 2 amide bonds. The first-order valence-electron chi connectivity index (χ1n) is 6.65. The Balaban J connectivity index is 1.88. The maximum atomic E-state index is 11.5. The van der Waals surface area contributed by atoms with Crippen molar-refractivity contribution in [2.75, 3.05) is 19.0 Å². The van der Waals surface area contributed by atoms with Crippen LogP contribution in [0.2, 0.25) is 0 Å². The number of rotatable bonds is 4. The number of anilines is 1. The van der Waals surface area contributed by atoms with E-state index >= 15 is 0 Å². The van der Waals surface area contributed by atoms with Gasteiger partial charge in [0.25, 0.3) is 5.19 Å². The minimum absolute atomic E-state index is 0.242. The Morgan fingerprint density at radius 1 is 1.36 bits per heavy atom. The van der Waals surface area contributed by atoms with Gasteiger partial charge in [0, 0.05) is 12.7 Å². The highest BCUT2D eigenvalue weighted by molar-refractivity contribution is 7.22. The predicted molar refractivity (Wildman–Crippen MR) is 90.0 cm³/mol. The van der Waals surface area contributed by atoms with E-state index in [0.717, 1.165) is 20.7 Å². The number of nitrogens with one attached hydrogen (secondary N) is 2. The molecule has 8 heteroatoms. The van der Waals surface area contributed by atoms with Gasteiger partial charge in [-0.05, 0) is 24.6 Å². The summed E-state index contributed by atoms with van der Waals surface area (Å²) in [6.45, 7) is 2.45. The SMILES string of the molecule is CCNC(=O)Nc1nc2cc(-c3cnc(OC)s3)ccc2s1. The largest absolute Gasteiger partial charge is 0.473 e. The van der Waals surface area contributed by atoms with E-state index in [4.69, 9.17) is 4.74 Å². The smallest absolute Gasteiger partial charge is 0.321 e. The van der Waals surface area contributed by atoms with Crippen LogP contribution in [0.15, 0.2) is 24.4 Å². The molecule has 2 N–H and O–H groups in total. The number of hydrogen-bond donors (Lipinski definition) is 2. The first kappa shape index (κ1) is 14.7. The fourth-order valence-corrected chi connectivity index (χ4v) is 3.49. The lowest BCUT2D eigenvalue weighted by atomic mass is 10.2. The first-order valence-corrected chi connectivity index (χ1v) is 8.28. The van der Waals surface area contributed by atoms with Crippen molar-refractivity contribution in [2.24, 2.45) is 0 Å². The zero-order valence-corrected chi connectivity index (χ0v) is 13.7. The van der Waals surface area contributed by atoms with Gasteiger partial charge in [0.1, 0.15) is 0 Å². The van der Waals surface area contributed by atoms with Gasteiger partial charge in [0.15, 0.2) is 5.13 Å². The van der Waals surface area contributed by atoms with Crippen molar-refractivity contribution in [1.29, 1.82) is 0 Å². The fourth-order valence-electron chi connectivity index (χ4n) is 1.92. The number of benzene rings is 1. The minimum Gasteiger partial charge on any atom is -0.473 e. The number of nitrogens with zero attached hydrogens (tertiary/aromatic N) is 2. The van der Waals surface area contributed by atoms with Crippen molar-refractivity contribution >= 4 is 44.1 Å². The summed E-state index contributed by atoms with van der Waals surface area (Å²) in [5.41, 5.74) is 1.88. The normalized spacial score (nSPS) is 10.6. The second-order valence-corrected chi connectivity index (χ2v) is 6.40. The van der Waals surface area contributed by atoms with Gasteiger partial charge in [-0.15, -0.1) is 0 Å². The third-order valence-electron chi connectivity index (χ3n) is 2.89. The van der Waals surface area contributed by atoms with Crippen molar-refractivity contribution in [2.45, 2.75) is 6.92 Å². The Hall–Kier alpha value is -2.19. The molecule has 0 aliphatic heterocycles. The molecule has 22 heavy (non-hydrogen) atoms. The Labute approximate surface area is 135 Å². The highest BCUT2D eigenvalue weighted by Crippen LogP contribution is 2.34. The highest BCUT2D eigenvalue weighted by atomic mass is 32.1. The van der Waals surface area contributed by atoms with E-state index in [-0.39, 0.29) is 6.03 Å². The molecule has 114 valence electrons. The number of amides is 2. The zero-order chi connectivity index (χ0) is 15.5. The molecule has 0 bridgehead atoms. The summed E-state index contributed by atoms with van der Waals surface area (Å²) in [6, 6.07) is 5.76. The van der Waals surface area contributed by atoms with E-state index in [0.29, 0.717) is 16.9 Å². The van der Waals surface area contributed by atoms with Crippen LogP contribution in [0, 0.1) is 0 Å². The number of fused-ring (bicyclic) bond motifs is 1. The lowest BCUT2D eigenvalue weighted by Crippen LogP contribution is -2.28. The first-order chi connectivity index (χ1) is 10.7. The van der Waals surface area contributed by atoms with Crippen molar-refractivity contribution in [3.63, 3.8) is 0 Å². The summed E-state index contributed by atoms with van der Waals surface area (Å²) in [7, 11) is 1.60. The molecule has 1 aromatic carbocycles. The molecule has 2 aromatic heterocycles. The van der Waals surface area contributed by atoms with Gasteiger partial charge in [0.2, 0.25) is 0 Å². The van der Waals surface area contributed by atoms with Gasteiger partial charge in [0.05, 0.1) is 22.2 Å². The summed E-state index contributed by atoms with van der Waals surface area (Å²) in [4.78, 5) is 21.2. The zero-order valence-electron chi connectivity index (χ0n) is 12.0. The number of aromatic nitrogens is 2. The Morgan fingerprint density at radius 2 is 2.23 bits per heavy atom. The quantitative estimate of drug-likeness (QED) is 0.765. The fraction of sp³-hybridized carbons (Fsp3) is 0.214. The number of thiazole rings is 2. The van der Waals surface area contributed by atoms with Gasteiger partial charge in [-0.2, -0.15) is 0 Å². The molecule has 0 radical (unpaired) electrons. The van der Waals surface area contributed by atoms with Crippen molar-refractivity contribution < 1.29 is 9.53 Å². The molecular weight excluding hydrogens is 320 g/mol. The molecule has 0 aliphatic carbocycles. The van der Waals surface area contributed by atoms with E-state index in [1.165, 1.54) is 22.7 Å². The summed E-state index contributed by atoms with van der Waals surface area (Å²) < 4.78 is 6.13. The van der Waals surface area contributed by atoms with Crippen LogP contribution in [0.4, 0.5) is 9.93 Å². The average Bonchev–Trinajstić information content (AvgIpc) is 3.12. The van der Waals surface area contributed by atoms with Gasteiger partial charge < -0.3 is 10.1 Å². The summed E-state index contributed by atoms with van der Waals surface area (Å²) in [5, 5.41) is 6.63. The third-order valence-corrected chi connectivity index (χ3v) is 4.85. The molecule has 0 saturated carbocycles. The van der Waals surface area contributed by atoms with Crippen LogP contribution in [-0.4, -0.2) is 29.7 Å². The van der Waals surface area contributed by atoms with E-state index < -0.39 is 0 Å². The molecule has 0 spiro atoms.